The Morgan fingerprint density at radius 1 is 1.21 bits per heavy atom. The molecular weight excluding hydrogens is 268 g/mol. The van der Waals surface area contributed by atoms with Gasteiger partial charge in [-0.2, -0.15) is 0 Å². The van der Waals surface area contributed by atoms with Gasteiger partial charge in [0.05, 0.1) is 25.4 Å². The standard InChI is InChI=1S/C13H18O5S/c1-2-17-11-5-3-4-6-12(11)18-8-10-19(16)9-7-13(14)15/h3-6H,2,7-10H2,1H3,(H,14,15). The monoisotopic (exact) mass is 286 g/mol. The summed E-state index contributed by atoms with van der Waals surface area (Å²) in [6, 6.07) is 7.27. The molecule has 0 bridgehead atoms. The molecule has 106 valence electrons. The Kier molecular flexibility index (Phi) is 6.95. The maximum absolute atomic E-state index is 11.5. The van der Waals surface area contributed by atoms with Gasteiger partial charge in [0.2, 0.25) is 0 Å². The summed E-state index contributed by atoms with van der Waals surface area (Å²) < 4.78 is 22.4. The Labute approximate surface area is 115 Å². The summed E-state index contributed by atoms with van der Waals surface area (Å²) >= 11 is 0. The number of carboxylic acids is 1. The van der Waals surface area contributed by atoms with E-state index < -0.39 is 16.8 Å². The molecule has 5 nitrogen and oxygen atoms in total. The van der Waals surface area contributed by atoms with Crippen molar-refractivity contribution in [2.24, 2.45) is 0 Å². The molecule has 0 saturated carbocycles. The van der Waals surface area contributed by atoms with E-state index in [-0.39, 0.29) is 18.8 Å². The minimum atomic E-state index is -1.17. The highest BCUT2D eigenvalue weighted by atomic mass is 32.2. The lowest BCUT2D eigenvalue weighted by molar-refractivity contribution is -0.136. The zero-order valence-corrected chi connectivity index (χ0v) is 11.6. The fraction of sp³-hybridized carbons (Fsp3) is 0.462. The second-order valence-electron chi connectivity index (χ2n) is 3.72. The van der Waals surface area contributed by atoms with Gasteiger partial charge in [-0.25, -0.2) is 0 Å². The van der Waals surface area contributed by atoms with Crippen LogP contribution in [0.3, 0.4) is 0 Å². The molecule has 0 heterocycles. The van der Waals surface area contributed by atoms with Gasteiger partial charge in [-0.15, -0.1) is 0 Å². The minimum absolute atomic E-state index is 0.0812. The summed E-state index contributed by atoms with van der Waals surface area (Å²) in [6.07, 6.45) is -0.0812. The van der Waals surface area contributed by atoms with Gasteiger partial charge in [-0.3, -0.25) is 9.00 Å². The van der Waals surface area contributed by atoms with Crippen LogP contribution in [0.1, 0.15) is 13.3 Å². The molecule has 19 heavy (non-hydrogen) atoms. The molecule has 0 amide bonds. The van der Waals surface area contributed by atoms with Gasteiger partial charge in [-0.1, -0.05) is 12.1 Å². The van der Waals surface area contributed by atoms with Crippen LogP contribution >= 0.6 is 0 Å². The molecule has 1 aromatic rings. The first-order chi connectivity index (χ1) is 9.13. The van der Waals surface area contributed by atoms with E-state index in [2.05, 4.69) is 0 Å². The predicted molar refractivity (Wildman–Crippen MR) is 73.2 cm³/mol. The van der Waals surface area contributed by atoms with Crippen LogP contribution in [-0.4, -0.2) is 40.0 Å². The van der Waals surface area contributed by atoms with Crippen LogP contribution in [0.15, 0.2) is 24.3 Å². The highest BCUT2D eigenvalue weighted by Gasteiger charge is 2.06. The lowest BCUT2D eigenvalue weighted by Crippen LogP contribution is -2.13. The van der Waals surface area contributed by atoms with Crippen LogP contribution in [0, 0.1) is 0 Å². The summed E-state index contributed by atoms with van der Waals surface area (Å²) in [5.74, 6) is 0.802. The number of para-hydroxylation sites is 2. The number of aliphatic carboxylic acids is 1. The van der Waals surface area contributed by atoms with Gasteiger partial charge in [0.1, 0.15) is 0 Å². The van der Waals surface area contributed by atoms with E-state index in [1.165, 1.54) is 0 Å². The number of carboxylic acid groups (broad SMARTS) is 1. The molecule has 1 N–H and O–H groups in total. The Morgan fingerprint density at radius 2 is 1.84 bits per heavy atom. The van der Waals surface area contributed by atoms with Crippen molar-refractivity contribution >= 4 is 16.8 Å². The van der Waals surface area contributed by atoms with Crippen molar-refractivity contribution in [3.05, 3.63) is 24.3 Å². The van der Waals surface area contributed by atoms with Gasteiger partial charge in [0.25, 0.3) is 0 Å². The molecule has 0 aliphatic rings. The maximum Gasteiger partial charge on any atom is 0.304 e. The van der Waals surface area contributed by atoms with E-state index in [0.29, 0.717) is 23.9 Å². The smallest absolute Gasteiger partial charge is 0.304 e. The first kappa shape index (κ1) is 15.5. The Morgan fingerprint density at radius 3 is 2.42 bits per heavy atom. The topological polar surface area (TPSA) is 72.8 Å². The highest BCUT2D eigenvalue weighted by molar-refractivity contribution is 7.85. The molecule has 1 unspecified atom stereocenters. The molecule has 1 atom stereocenters. The fourth-order valence-corrected chi connectivity index (χ4v) is 2.27. The first-order valence-electron chi connectivity index (χ1n) is 6.05. The number of ether oxygens (including phenoxy) is 2. The van der Waals surface area contributed by atoms with Crippen molar-refractivity contribution in [1.29, 1.82) is 0 Å². The van der Waals surface area contributed by atoms with E-state index in [1.54, 1.807) is 12.1 Å². The van der Waals surface area contributed by atoms with E-state index in [0.717, 1.165) is 0 Å². The number of rotatable bonds is 9. The van der Waals surface area contributed by atoms with Gasteiger partial charge in [0.15, 0.2) is 11.5 Å². The van der Waals surface area contributed by atoms with Crippen molar-refractivity contribution in [3.63, 3.8) is 0 Å². The minimum Gasteiger partial charge on any atom is -0.490 e. The molecule has 0 aromatic heterocycles. The normalized spacial score (nSPS) is 11.8. The molecule has 0 saturated heterocycles. The van der Waals surface area contributed by atoms with E-state index in [9.17, 15) is 9.00 Å². The van der Waals surface area contributed by atoms with Crippen LogP contribution in [0.5, 0.6) is 11.5 Å². The third-order valence-corrected chi connectivity index (χ3v) is 3.54. The van der Waals surface area contributed by atoms with Crippen molar-refractivity contribution < 1.29 is 23.6 Å². The molecule has 0 spiro atoms. The summed E-state index contributed by atoms with van der Waals surface area (Å²) in [5, 5.41) is 8.48. The van der Waals surface area contributed by atoms with Crippen molar-refractivity contribution in [3.8, 4) is 11.5 Å². The van der Waals surface area contributed by atoms with Gasteiger partial charge >= 0.3 is 5.97 Å². The average molecular weight is 286 g/mol. The van der Waals surface area contributed by atoms with Crippen LogP contribution < -0.4 is 9.47 Å². The van der Waals surface area contributed by atoms with Gasteiger partial charge in [-0.05, 0) is 19.1 Å². The average Bonchev–Trinajstić information content (AvgIpc) is 2.39. The summed E-state index contributed by atoms with van der Waals surface area (Å²) in [6.45, 7) is 2.71. The third-order valence-electron chi connectivity index (χ3n) is 2.26. The molecule has 0 aliphatic carbocycles. The Hall–Kier alpha value is -1.56. The van der Waals surface area contributed by atoms with Gasteiger partial charge in [0, 0.05) is 16.6 Å². The largest absolute Gasteiger partial charge is 0.490 e. The number of benzene rings is 1. The number of carbonyl (C=O) groups is 1. The zero-order valence-electron chi connectivity index (χ0n) is 10.8. The summed E-state index contributed by atoms with van der Waals surface area (Å²) in [7, 11) is -1.17. The number of hydrogen-bond donors (Lipinski definition) is 1. The quantitative estimate of drug-likeness (QED) is 0.748. The van der Waals surface area contributed by atoms with Gasteiger partial charge < -0.3 is 14.6 Å². The molecule has 1 aromatic carbocycles. The molecule has 6 heteroatoms. The van der Waals surface area contributed by atoms with Crippen molar-refractivity contribution in [2.75, 3.05) is 24.7 Å². The van der Waals surface area contributed by atoms with E-state index in [4.69, 9.17) is 14.6 Å². The van der Waals surface area contributed by atoms with Crippen molar-refractivity contribution in [2.45, 2.75) is 13.3 Å². The lowest BCUT2D eigenvalue weighted by Gasteiger charge is -2.11. The second-order valence-corrected chi connectivity index (χ2v) is 5.42. The van der Waals surface area contributed by atoms with Crippen molar-refractivity contribution in [1.82, 2.24) is 0 Å². The molecule has 1 rings (SSSR count). The summed E-state index contributed by atoms with van der Waals surface area (Å²) in [4.78, 5) is 10.3. The SMILES string of the molecule is CCOc1ccccc1OCCS(=O)CCC(=O)O. The zero-order chi connectivity index (χ0) is 14.1. The second kappa shape index (κ2) is 8.53. The Balaban J connectivity index is 2.36. The third kappa shape index (κ3) is 6.24. The van der Waals surface area contributed by atoms with Crippen LogP contribution in [-0.2, 0) is 15.6 Å². The lowest BCUT2D eigenvalue weighted by atomic mass is 10.3. The Bertz CT molecular complexity index is 433. The van der Waals surface area contributed by atoms with Crippen LogP contribution in [0.4, 0.5) is 0 Å². The van der Waals surface area contributed by atoms with Crippen LogP contribution in [0.2, 0.25) is 0 Å². The van der Waals surface area contributed by atoms with E-state index in [1.807, 2.05) is 19.1 Å². The maximum atomic E-state index is 11.5. The molecule has 0 radical (unpaired) electrons. The van der Waals surface area contributed by atoms with E-state index >= 15 is 0 Å². The molecule has 0 aliphatic heterocycles. The highest BCUT2D eigenvalue weighted by Crippen LogP contribution is 2.26. The summed E-state index contributed by atoms with van der Waals surface area (Å²) in [5.41, 5.74) is 0. The fourth-order valence-electron chi connectivity index (χ4n) is 1.39. The number of hydrogen-bond acceptors (Lipinski definition) is 4. The molecule has 0 fully saturated rings. The predicted octanol–water partition coefficient (Wildman–Crippen LogP) is 1.69. The molecular formula is C13H18O5S. The first-order valence-corrected chi connectivity index (χ1v) is 7.53. The van der Waals surface area contributed by atoms with Crippen LogP contribution in [0.25, 0.3) is 0 Å².